The van der Waals surface area contributed by atoms with Crippen molar-refractivity contribution < 1.29 is 27.5 Å². The minimum Gasteiger partial charge on any atom is -0.394 e. The monoisotopic (exact) mass is 535 g/mol. The third-order valence-electron chi connectivity index (χ3n) is 6.00. The van der Waals surface area contributed by atoms with Crippen molar-refractivity contribution in [1.29, 1.82) is 0 Å². The molecule has 3 N–H and O–H groups in total. The van der Waals surface area contributed by atoms with E-state index in [0.717, 1.165) is 0 Å². The lowest BCUT2D eigenvalue weighted by Crippen LogP contribution is -2.22. The molecule has 0 aliphatic rings. The number of benzene rings is 3. The van der Waals surface area contributed by atoms with Crippen LogP contribution in [0.25, 0.3) is 27.7 Å². The van der Waals surface area contributed by atoms with Crippen LogP contribution < -0.4 is 10.3 Å². The van der Waals surface area contributed by atoms with E-state index < -0.39 is 28.6 Å². The molecule has 1 unspecified atom stereocenters. The van der Waals surface area contributed by atoms with E-state index in [1.165, 1.54) is 59.4 Å². The molecule has 0 spiro atoms. The van der Waals surface area contributed by atoms with Gasteiger partial charge in [0, 0.05) is 23.9 Å². The van der Waals surface area contributed by atoms with Gasteiger partial charge in [-0.1, -0.05) is 23.4 Å². The van der Waals surface area contributed by atoms with Crippen LogP contribution in [-0.2, 0) is 16.4 Å². The Balaban J connectivity index is 1.64. The molecule has 9 nitrogen and oxygen atoms in total. The van der Waals surface area contributed by atoms with Gasteiger partial charge in [0.15, 0.2) is 5.82 Å². The van der Waals surface area contributed by atoms with Gasteiger partial charge in [-0.3, -0.25) is 14.1 Å². The number of pyridine rings is 1. The summed E-state index contributed by atoms with van der Waals surface area (Å²) in [6, 6.07) is 19.7. The minimum absolute atomic E-state index is 0.0197. The first kappa shape index (κ1) is 25.3. The normalized spacial score (nSPS) is 12.5. The summed E-state index contributed by atoms with van der Waals surface area (Å²) in [5, 5.41) is 23.7. The van der Waals surface area contributed by atoms with E-state index in [2.05, 4.69) is 14.4 Å². The van der Waals surface area contributed by atoms with E-state index >= 15 is 0 Å². The quantitative estimate of drug-likeness (QED) is 0.277. The number of nitrogens with one attached hydrogen (secondary N) is 1. The number of sulfonamides is 1. The minimum atomic E-state index is -3.98. The van der Waals surface area contributed by atoms with Crippen molar-refractivity contribution in [1.82, 2.24) is 9.72 Å². The molecule has 1 atom stereocenters. The Morgan fingerprint density at radius 2 is 1.82 bits per heavy atom. The van der Waals surface area contributed by atoms with Crippen molar-refractivity contribution in [3.63, 3.8) is 0 Å². The molecule has 0 saturated heterocycles. The van der Waals surface area contributed by atoms with Crippen LogP contribution in [0.2, 0.25) is 0 Å². The molecular weight excluding hydrogens is 513 g/mol. The summed E-state index contributed by atoms with van der Waals surface area (Å²) in [5.74, 6) is -0.377. The third-order valence-corrected chi connectivity index (χ3v) is 7.35. The molecule has 0 radical (unpaired) electrons. The lowest BCUT2D eigenvalue weighted by molar-refractivity contribution is 0.0955. The molecule has 0 saturated carbocycles. The summed E-state index contributed by atoms with van der Waals surface area (Å²) in [6.07, 6.45) is 0.162. The van der Waals surface area contributed by atoms with E-state index in [4.69, 9.17) is 0 Å². The van der Waals surface area contributed by atoms with Crippen molar-refractivity contribution in [3.8, 4) is 16.8 Å². The molecule has 2 heterocycles. The second-order valence-electron chi connectivity index (χ2n) is 8.61. The van der Waals surface area contributed by atoms with Crippen molar-refractivity contribution in [2.45, 2.75) is 17.4 Å². The number of aromatic nitrogens is 2. The van der Waals surface area contributed by atoms with E-state index in [1.54, 1.807) is 30.3 Å². The van der Waals surface area contributed by atoms with Crippen LogP contribution in [0.4, 0.5) is 10.2 Å². The van der Waals surface area contributed by atoms with Gasteiger partial charge < -0.3 is 14.7 Å². The van der Waals surface area contributed by atoms with Crippen molar-refractivity contribution in [2.75, 3.05) is 11.3 Å². The first-order chi connectivity index (χ1) is 18.2. The maximum absolute atomic E-state index is 13.8. The molecular formula is C27H22FN3O6S. The highest BCUT2D eigenvalue weighted by Crippen LogP contribution is 2.28. The third kappa shape index (κ3) is 5.07. The van der Waals surface area contributed by atoms with Gasteiger partial charge >= 0.3 is 0 Å². The molecule has 0 aliphatic carbocycles. The summed E-state index contributed by atoms with van der Waals surface area (Å²) in [6.45, 7) is -0.492. The van der Waals surface area contributed by atoms with Crippen LogP contribution in [0.1, 0.15) is 5.56 Å². The largest absolute Gasteiger partial charge is 0.394 e. The molecule has 194 valence electrons. The maximum Gasteiger partial charge on any atom is 0.263 e. The zero-order valence-corrected chi connectivity index (χ0v) is 20.6. The molecule has 0 bridgehead atoms. The predicted octanol–water partition coefficient (Wildman–Crippen LogP) is 3.48. The van der Waals surface area contributed by atoms with Gasteiger partial charge in [0.2, 0.25) is 0 Å². The van der Waals surface area contributed by atoms with Gasteiger partial charge in [-0.2, -0.15) is 0 Å². The molecule has 2 aromatic heterocycles. The van der Waals surface area contributed by atoms with Crippen LogP contribution in [0.15, 0.2) is 99.3 Å². The standard InChI is InChI=1S/C27H22FN3O6S/c28-21-3-1-2-17(13-21)18-4-7-25(20(12-18)14-22(33)16-32)31-24-8-6-23(15-19(24)5-9-27(31)34)38(35,36)30-26-10-11-37-29-26/h1-13,15,22,32-33H,14,16H2,(H,29,30). The Labute approximate surface area is 216 Å². The highest BCUT2D eigenvalue weighted by molar-refractivity contribution is 7.92. The first-order valence-corrected chi connectivity index (χ1v) is 13.0. The summed E-state index contributed by atoms with van der Waals surface area (Å²) in [4.78, 5) is 13.0. The molecule has 0 fully saturated rings. The fourth-order valence-corrected chi connectivity index (χ4v) is 5.26. The smallest absolute Gasteiger partial charge is 0.263 e. The van der Waals surface area contributed by atoms with Crippen molar-refractivity contribution in [3.05, 3.63) is 107 Å². The highest BCUT2D eigenvalue weighted by Gasteiger charge is 2.19. The second kappa shape index (κ2) is 10.2. The van der Waals surface area contributed by atoms with E-state index in [1.807, 2.05) is 0 Å². The van der Waals surface area contributed by atoms with Gasteiger partial charge in [-0.05, 0) is 65.2 Å². The number of halogens is 1. The summed E-state index contributed by atoms with van der Waals surface area (Å²) >= 11 is 0. The van der Waals surface area contributed by atoms with Crippen molar-refractivity contribution >= 4 is 26.7 Å². The fraction of sp³-hybridized carbons (Fsp3) is 0.111. The van der Waals surface area contributed by atoms with E-state index in [-0.39, 0.29) is 22.7 Å². The Bertz CT molecular complexity index is 1780. The molecule has 5 rings (SSSR count). The Morgan fingerprint density at radius 3 is 2.55 bits per heavy atom. The maximum atomic E-state index is 13.8. The molecule has 0 aliphatic heterocycles. The predicted molar refractivity (Wildman–Crippen MR) is 139 cm³/mol. The van der Waals surface area contributed by atoms with Gasteiger partial charge in [-0.15, -0.1) is 0 Å². The summed E-state index contributed by atoms with van der Waals surface area (Å²) < 4.78 is 47.9. The zero-order chi connectivity index (χ0) is 26.9. The molecule has 3 aromatic carbocycles. The zero-order valence-electron chi connectivity index (χ0n) is 19.8. The van der Waals surface area contributed by atoms with Crippen LogP contribution in [-0.4, -0.2) is 41.1 Å². The van der Waals surface area contributed by atoms with E-state index in [9.17, 15) is 27.8 Å². The summed E-state index contributed by atoms with van der Waals surface area (Å²) in [7, 11) is -3.98. The lowest BCUT2D eigenvalue weighted by Gasteiger charge is -2.18. The number of hydrogen-bond acceptors (Lipinski definition) is 7. The Hall–Kier alpha value is -4.32. The first-order valence-electron chi connectivity index (χ1n) is 11.5. The van der Waals surface area contributed by atoms with Crippen LogP contribution in [0.5, 0.6) is 0 Å². The summed E-state index contributed by atoms with van der Waals surface area (Å²) in [5.41, 5.74) is 2.28. The average Bonchev–Trinajstić information content (AvgIpc) is 3.41. The fourth-order valence-electron chi connectivity index (χ4n) is 4.23. The number of hydrogen-bond donors (Lipinski definition) is 3. The molecule has 38 heavy (non-hydrogen) atoms. The highest BCUT2D eigenvalue weighted by atomic mass is 32.2. The van der Waals surface area contributed by atoms with Gasteiger partial charge in [0.1, 0.15) is 12.1 Å². The number of rotatable bonds is 8. The second-order valence-corrected chi connectivity index (χ2v) is 10.3. The number of fused-ring (bicyclic) bond motifs is 1. The van der Waals surface area contributed by atoms with Gasteiger partial charge in [0.25, 0.3) is 15.6 Å². The van der Waals surface area contributed by atoms with Crippen LogP contribution in [0.3, 0.4) is 0 Å². The number of aliphatic hydroxyl groups is 2. The van der Waals surface area contributed by atoms with Crippen LogP contribution >= 0.6 is 0 Å². The number of anilines is 1. The van der Waals surface area contributed by atoms with Gasteiger partial charge in [0.05, 0.1) is 28.8 Å². The Morgan fingerprint density at radius 1 is 1.00 bits per heavy atom. The Kier molecular flexibility index (Phi) is 6.81. The van der Waals surface area contributed by atoms with Crippen molar-refractivity contribution in [2.24, 2.45) is 0 Å². The average molecular weight is 536 g/mol. The van der Waals surface area contributed by atoms with Crippen LogP contribution in [0, 0.1) is 5.82 Å². The number of aliphatic hydroxyl groups excluding tert-OH is 2. The van der Waals surface area contributed by atoms with Gasteiger partial charge in [-0.25, -0.2) is 12.8 Å². The SMILES string of the molecule is O=c1ccc2cc(S(=O)(=O)Nc3ccon3)ccc2n1-c1ccc(-c2cccc(F)c2)cc1CC(O)CO. The topological polar surface area (TPSA) is 135 Å². The molecule has 0 amide bonds. The van der Waals surface area contributed by atoms with E-state index in [0.29, 0.717) is 33.3 Å². The number of nitrogens with zero attached hydrogens (tertiary/aromatic N) is 2. The lowest BCUT2D eigenvalue weighted by atomic mass is 9.98. The molecule has 11 heteroatoms. The molecule has 5 aromatic rings.